The quantitative estimate of drug-likeness (QED) is 0.687. The highest BCUT2D eigenvalue weighted by molar-refractivity contribution is 5.85. The summed E-state index contributed by atoms with van der Waals surface area (Å²) in [6.07, 6.45) is -0.142. The number of hydrogen-bond acceptors (Lipinski definition) is 3. The molecule has 0 heterocycles. The second-order valence-corrected chi connectivity index (χ2v) is 5.05. The van der Waals surface area contributed by atoms with Gasteiger partial charge < -0.3 is 20.5 Å². The molecule has 2 aromatic rings. The van der Waals surface area contributed by atoms with E-state index < -0.39 is 6.10 Å². The zero-order chi connectivity index (χ0) is 15.8. The number of hydrogen-bond donors (Lipinski definition) is 3. The number of carbonyl (C=O) groups is 1. The topological polar surface area (TPSA) is 70.6 Å². The molecule has 0 spiro atoms. The number of benzene rings is 2. The van der Waals surface area contributed by atoms with E-state index in [1.165, 1.54) is 0 Å². The Labute approximate surface area is 130 Å². The fourth-order valence-electron chi connectivity index (χ4n) is 2.35. The molecule has 0 aliphatic carbocycles. The van der Waals surface area contributed by atoms with Gasteiger partial charge in [-0.25, -0.2) is 4.79 Å². The molecule has 3 N–H and O–H groups in total. The van der Waals surface area contributed by atoms with Gasteiger partial charge in [-0.15, -0.1) is 0 Å². The molecule has 0 saturated carbocycles. The van der Waals surface area contributed by atoms with Crippen LogP contribution in [0.3, 0.4) is 0 Å². The third kappa shape index (κ3) is 4.44. The summed E-state index contributed by atoms with van der Waals surface area (Å²) in [6.45, 7) is 1.35. The maximum Gasteiger partial charge on any atom is 0.314 e. The Morgan fingerprint density at radius 2 is 1.86 bits per heavy atom. The highest BCUT2D eigenvalue weighted by Gasteiger charge is 2.11. The van der Waals surface area contributed by atoms with Crippen molar-refractivity contribution in [1.29, 1.82) is 0 Å². The molecular formula is C17H22N2O3. The Morgan fingerprint density at radius 1 is 1.14 bits per heavy atom. The van der Waals surface area contributed by atoms with E-state index in [4.69, 9.17) is 4.74 Å². The van der Waals surface area contributed by atoms with Crippen LogP contribution in [0, 0.1) is 0 Å². The van der Waals surface area contributed by atoms with Crippen molar-refractivity contribution in [3.8, 4) is 0 Å². The molecule has 0 aliphatic heterocycles. The van der Waals surface area contributed by atoms with E-state index in [0.717, 1.165) is 16.3 Å². The Kier molecular flexibility index (Phi) is 6.18. The highest BCUT2D eigenvalue weighted by Crippen LogP contribution is 2.25. The van der Waals surface area contributed by atoms with Crippen LogP contribution in [0.5, 0.6) is 0 Å². The molecule has 0 fully saturated rings. The van der Waals surface area contributed by atoms with Gasteiger partial charge in [-0.05, 0) is 22.8 Å². The van der Waals surface area contributed by atoms with E-state index in [1.54, 1.807) is 7.11 Å². The maximum atomic E-state index is 11.5. The number of carbonyl (C=O) groups excluding carboxylic acids is 1. The standard InChI is InChI=1S/C17H22N2O3/c1-22-12-11-19-17(21)18-10-9-16(20)15-8-4-6-13-5-2-3-7-14(13)15/h2-8,16,20H,9-12H2,1H3,(H2,18,19,21). The molecule has 2 amide bonds. The van der Waals surface area contributed by atoms with Crippen LogP contribution in [-0.2, 0) is 4.74 Å². The lowest BCUT2D eigenvalue weighted by Crippen LogP contribution is -2.38. The Hall–Kier alpha value is -2.11. The van der Waals surface area contributed by atoms with Crippen molar-refractivity contribution < 1.29 is 14.6 Å². The normalized spacial score (nSPS) is 12.1. The van der Waals surface area contributed by atoms with Crippen LogP contribution in [0.25, 0.3) is 10.8 Å². The van der Waals surface area contributed by atoms with Gasteiger partial charge >= 0.3 is 6.03 Å². The lowest BCUT2D eigenvalue weighted by Gasteiger charge is -2.14. The molecule has 2 rings (SSSR count). The molecule has 22 heavy (non-hydrogen) atoms. The average molecular weight is 302 g/mol. The molecule has 5 nitrogen and oxygen atoms in total. The minimum Gasteiger partial charge on any atom is -0.388 e. The molecule has 2 aromatic carbocycles. The summed E-state index contributed by atoms with van der Waals surface area (Å²) in [5.74, 6) is 0. The van der Waals surface area contributed by atoms with E-state index in [9.17, 15) is 9.90 Å². The van der Waals surface area contributed by atoms with Gasteiger partial charge in [0.05, 0.1) is 12.7 Å². The van der Waals surface area contributed by atoms with Crippen molar-refractivity contribution in [2.24, 2.45) is 0 Å². The predicted octanol–water partition coefficient (Wildman–Crippen LogP) is 2.21. The first-order valence-electron chi connectivity index (χ1n) is 7.38. The number of fused-ring (bicyclic) bond motifs is 1. The first kappa shape index (κ1) is 16.3. The van der Waals surface area contributed by atoms with Gasteiger partial charge in [0, 0.05) is 20.2 Å². The number of aliphatic hydroxyl groups is 1. The van der Waals surface area contributed by atoms with E-state index in [-0.39, 0.29) is 6.03 Å². The Bertz CT molecular complexity index is 610. The van der Waals surface area contributed by atoms with Crippen LogP contribution < -0.4 is 10.6 Å². The first-order chi connectivity index (χ1) is 10.7. The minimum atomic E-state index is -0.606. The lowest BCUT2D eigenvalue weighted by molar-refractivity contribution is 0.167. The van der Waals surface area contributed by atoms with Gasteiger partial charge in [0.25, 0.3) is 0 Å². The van der Waals surface area contributed by atoms with Gasteiger partial charge in [0.1, 0.15) is 0 Å². The van der Waals surface area contributed by atoms with Crippen LogP contribution in [0.2, 0.25) is 0 Å². The molecule has 0 saturated heterocycles. The second-order valence-electron chi connectivity index (χ2n) is 5.05. The summed E-state index contributed by atoms with van der Waals surface area (Å²) in [5.41, 5.74) is 0.889. The summed E-state index contributed by atoms with van der Waals surface area (Å²) in [5, 5.41) is 17.9. The Balaban J connectivity index is 1.86. The smallest absolute Gasteiger partial charge is 0.314 e. The molecule has 0 aromatic heterocycles. The van der Waals surface area contributed by atoms with Crippen molar-refractivity contribution in [3.05, 3.63) is 48.0 Å². The largest absolute Gasteiger partial charge is 0.388 e. The summed E-state index contributed by atoms with van der Waals surface area (Å²) < 4.78 is 4.85. The summed E-state index contributed by atoms with van der Waals surface area (Å²) in [6, 6.07) is 13.6. The summed E-state index contributed by atoms with van der Waals surface area (Å²) in [4.78, 5) is 11.5. The van der Waals surface area contributed by atoms with Gasteiger partial charge in [-0.1, -0.05) is 42.5 Å². The molecular weight excluding hydrogens is 280 g/mol. The van der Waals surface area contributed by atoms with E-state index >= 15 is 0 Å². The number of nitrogens with one attached hydrogen (secondary N) is 2. The van der Waals surface area contributed by atoms with Crippen molar-refractivity contribution in [1.82, 2.24) is 10.6 Å². The average Bonchev–Trinajstić information content (AvgIpc) is 2.54. The van der Waals surface area contributed by atoms with Gasteiger partial charge in [-0.3, -0.25) is 0 Å². The maximum absolute atomic E-state index is 11.5. The molecule has 5 heteroatoms. The van der Waals surface area contributed by atoms with E-state index in [0.29, 0.717) is 26.1 Å². The fraction of sp³-hybridized carbons (Fsp3) is 0.353. The predicted molar refractivity (Wildman–Crippen MR) is 86.8 cm³/mol. The number of amides is 2. The van der Waals surface area contributed by atoms with Gasteiger partial charge in [0.15, 0.2) is 0 Å². The monoisotopic (exact) mass is 302 g/mol. The summed E-state index contributed by atoms with van der Waals surface area (Å²) >= 11 is 0. The van der Waals surface area contributed by atoms with E-state index in [2.05, 4.69) is 10.6 Å². The van der Waals surface area contributed by atoms with E-state index in [1.807, 2.05) is 42.5 Å². The van der Waals surface area contributed by atoms with Gasteiger partial charge in [0.2, 0.25) is 0 Å². The van der Waals surface area contributed by atoms with Crippen molar-refractivity contribution >= 4 is 16.8 Å². The minimum absolute atomic E-state index is 0.248. The van der Waals surface area contributed by atoms with Crippen LogP contribution in [0.1, 0.15) is 18.1 Å². The highest BCUT2D eigenvalue weighted by atomic mass is 16.5. The third-order valence-electron chi connectivity index (χ3n) is 3.48. The molecule has 118 valence electrons. The lowest BCUT2D eigenvalue weighted by atomic mass is 9.99. The molecule has 1 unspecified atom stereocenters. The molecule has 0 bridgehead atoms. The van der Waals surface area contributed by atoms with Crippen LogP contribution in [0.15, 0.2) is 42.5 Å². The Morgan fingerprint density at radius 3 is 2.68 bits per heavy atom. The zero-order valence-electron chi connectivity index (χ0n) is 12.7. The second kappa shape index (κ2) is 8.36. The number of urea groups is 1. The van der Waals surface area contributed by atoms with Crippen molar-refractivity contribution in [3.63, 3.8) is 0 Å². The molecule has 0 radical (unpaired) electrons. The molecule has 0 aliphatic rings. The number of aliphatic hydroxyl groups excluding tert-OH is 1. The number of ether oxygens (including phenoxy) is 1. The third-order valence-corrected chi connectivity index (χ3v) is 3.48. The van der Waals surface area contributed by atoms with Gasteiger partial charge in [-0.2, -0.15) is 0 Å². The summed E-state index contributed by atoms with van der Waals surface area (Å²) in [7, 11) is 1.58. The number of methoxy groups -OCH3 is 1. The first-order valence-corrected chi connectivity index (χ1v) is 7.38. The number of rotatable bonds is 7. The van der Waals surface area contributed by atoms with Crippen molar-refractivity contribution in [2.45, 2.75) is 12.5 Å². The SMILES string of the molecule is COCCNC(=O)NCCC(O)c1cccc2ccccc12. The van der Waals surface area contributed by atoms with Crippen LogP contribution in [-0.4, -0.2) is 37.9 Å². The molecule has 1 atom stereocenters. The van der Waals surface area contributed by atoms with Crippen LogP contribution in [0.4, 0.5) is 4.79 Å². The van der Waals surface area contributed by atoms with Crippen LogP contribution >= 0.6 is 0 Å². The zero-order valence-corrected chi connectivity index (χ0v) is 12.7. The fourth-order valence-corrected chi connectivity index (χ4v) is 2.35. The van der Waals surface area contributed by atoms with Crippen molar-refractivity contribution in [2.75, 3.05) is 26.8 Å².